The monoisotopic (exact) mass is 528 g/mol. The Morgan fingerprint density at radius 2 is 1.73 bits per heavy atom. The summed E-state index contributed by atoms with van der Waals surface area (Å²) in [5.74, 6) is 1.22. The lowest BCUT2D eigenvalue weighted by Crippen LogP contribution is -2.54. The summed E-state index contributed by atoms with van der Waals surface area (Å²) in [5, 5.41) is 3.51. The second-order valence-corrected chi connectivity index (χ2v) is 8.26. The number of benzene rings is 1. The van der Waals surface area contributed by atoms with E-state index in [1.165, 1.54) is 16.8 Å². The molecule has 0 radical (unpaired) electrons. The standard InChI is InChI=1S/C22H36N6O.HI/c1-18-15-20(25(3)4)8-7-19(18)16-24-22(23-2)28-13-11-26(12-14-28)17-21(29)27-9-5-6-10-27;/h7-8,15H,5-6,9-14,16-17H2,1-4H3,(H,23,24);1H. The Morgan fingerprint density at radius 1 is 1.07 bits per heavy atom. The number of piperazine rings is 1. The number of aryl methyl sites for hydroxylation is 1. The van der Waals surface area contributed by atoms with E-state index >= 15 is 0 Å². The third kappa shape index (κ3) is 6.47. The largest absolute Gasteiger partial charge is 0.378 e. The highest BCUT2D eigenvalue weighted by Gasteiger charge is 2.24. The number of nitrogens with zero attached hydrogens (tertiary/aromatic N) is 5. The third-order valence-electron chi connectivity index (χ3n) is 5.98. The molecule has 0 saturated carbocycles. The molecule has 0 atom stereocenters. The minimum Gasteiger partial charge on any atom is -0.378 e. The summed E-state index contributed by atoms with van der Waals surface area (Å²) in [6, 6.07) is 6.56. The number of carbonyl (C=O) groups is 1. The van der Waals surface area contributed by atoms with Crippen LogP contribution in [-0.2, 0) is 11.3 Å². The number of likely N-dealkylation sites (tertiary alicyclic amines) is 1. The van der Waals surface area contributed by atoms with Crippen LogP contribution in [0.2, 0.25) is 0 Å². The second kappa shape index (κ2) is 11.7. The Morgan fingerprint density at radius 3 is 2.30 bits per heavy atom. The van der Waals surface area contributed by atoms with Crippen LogP contribution in [0.4, 0.5) is 5.69 Å². The number of hydrogen-bond donors (Lipinski definition) is 1. The molecule has 1 N–H and O–H groups in total. The Hall–Kier alpha value is -1.55. The van der Waals surface area contributed by atoms with Crippen molar-refractivity contribution >= 4 is 41.5 Å². The molecular formula is C22H37IN6O. The van der Waals surface area contributed by atoms with Crippen LogP contribution < -0.4 is 10.2 Å². The lowest BCUT2D eigenvalue weighted by Gasteiger charge is -2.36. The minimum atomic E-state index is 0. The highest BCUT2D eigenvalue weighted by atomic mass is 127. The number of nitrogens with one attached hydrogen (secondary N) is 1. The molecule has 1 aromatic carbocycles. The number of anilines is 1. The van der Waals surface area contributed by atoms with E-state index in [4.69, 9.17) is 0 Å². The molecule has 30 heavy (non-hydrogen) atoms. The van der Waals surface area contributed by atoms with Crippen molar-refractivity contribution in [3.05, 3.63) is 29.3 Å². The Balaban J connectivity index is 0.00000320. The van der Waals surface area contributed by atoms with Crippen LogP contribution in [0.5, 0.6) is 0 Å². The van der Waals surface area contributed by atoms with Gasteiger partial charge in [0.15, 0.2) is 5.96 Å². The van der Waals surface area contributed by atoms with Crippen molar-refractivity contribution in [1.29, 1.82) is 0 Å². The van der Waals surface area contributed by atoms with Crippen molar-refractivity contribution < 1.29 is 4.79 Å². The van der Waals surface area contributed by atoms with Gasteiger partial charge in [0.2, 0.25) is 5.91 Å². The topological polar surface area (TPSA) is 54.4 Å². The molecule has 2 aliphatic heterocycles. The molecular weight excluding hydrogens is 491 g/mol. The maximum absolute atomic E-state index is 12.4. The van der Waals surface area contributed by atoms with E-state index in [1.54, 1.807) is 0 Å². The summed E-state index contributed by atoms with van der Waals surface area (Å²) < 4.78 is 0. The van der Waals surface area contributed by atoms with Gasteiger partial charge in [0.05, 0.1) is 6.54 Å². The molecule has 168 valence electrons. The van der Waals surface area contributed by atoms with Gasteiger partial charge < -0.3 is 20.0 Å². The highest BCUT2D eigenvalue weighted by Crippen LogP contribution is 2.17. The number of halogens is 1. The average molecular weight is 528 g/mol. The average Bonchev–Trinajstić information content (AvgIpc) is 3.25. The number of amides is 1. The fraction of sp³-hybridized carbons (Fsp3) is 0.636. The predicted molar refractivity (Wildman–Crippen MR) is 135 cm³/mol. The second-order valence-electron chi connectivity index (χ2n) is 8.26. The summed E-state index contributed by atoms with van der Waals surface area (Å²) in [7, 11) is 5.97. The van der Waals surface area contributed by atoms with Crippen LogP contribution in [0, 0.1) is 6.92 Å². The van der Waals surface area contributed by atoms with E-state index in [0.29, 0.717) is 6.54 Å². The number of aliphatic imine (C=N–C) groups is 1. The van der Waals surface area contributed by atoms with Crippen molar-refractivity contribution in [1.82, 2.24) is 20.0 Å². The third-order valence-corrected chi connectivity index (χ3v) is 5.98. The molecule has 1 aromatic rings. The zero-order valence-electron chi connectivity index (χ0n) is 18.9. The van der Waals surface area contributed by atoms with Gasteiger partial charge in [-0.3, -0.25) is 14.7 Å². The maximum Gasteiger partial charge on any atom is 0.236 e. The zero-order chi connectivity index (χ0) is 20.8. The van der Waals surface area contributed by atoms with Crippen LogP contribution in [-0.4, -0.2) is 93.5 Å². The van der Waals surface area contributed by atoms with Gasteiger partial charge in [-0.2, -0.15) is 0 Å². The lowest BCUT2D eigenvalue weighted by molar-refractivity contribution is -0.131. The molecule has 0 bridgehead atoms. The number of guanidine groups is 1. The first-order valence-corrected chi connectivity index (χ1v) is 10.7. The first-order valence-electron chi connectivity index (χ1n) is 10.7. The van der Waals surface area contributed by atoms with Gasteiger partial charge in [-0.25, -0.2) is 0 Å². The Kier molecular flexibility index (Phi) is 9.67. The molecule has 8 heteroatoms. The van der Waals surface area contributed by atoms with Crippen LogP contribution >= 0.6 is 24.0 Å². The summed E-state index contributed by atoms with van der Waals surface area (Å²) in [6.45, 7) is 8.93. The fourth-order valence-corrected chi connectivity index (χ4v) is 4.04. The lowest BCUT2D eigenvalue weighted by atomic mass is 10.1. The van der Waals surface area contributed by atoms with Crippen LogP contribution in [0.3, 0.4) is 0 Å². The van der Waals surface area contributed by atoms with Gasteiger partial charge in [0, 0.05) is 72.6 Å². The first kappa shape index (κ1) is 24.7. The number of rotatable bonds is 5. The molecule has 2 heterocycles. The molecule has 2 fully saturated rings. The molecule has 2 saturated heterocycles. The van der Waals surface area contributed by atoms with Gasteiger partial charge >= 0.3 is 0 Å². The summed E-state index contributed by atoms with van der Waals surface area (Å²) in [5.41, 5.74) is 3.78. The summed E-state index contributed by atoms with van der Waals surface area (Å²) in [4.78, 5) is 25.6. The number of carbonyl (C=O) groups excluding carboxylic acids is 1. The molecule has 0 aliphatic carbocycles. The van der Waals surface area contributed by atoms with Crippen molar-refractivity contribution in [2.24, 2.45) is 4.99 Å². The summed E-state index contributed by atoms with van der Waals surface area (Å²) >= 11 is 0. The van der Waals surface area contributed by atoms with Crippen molar-refractivity contribution in [2.75, 3.05) is 71.9 Å². The molecule has 0 spiro atoms. The molecule has 0 unspecified atom stereocenters. The molecule has 2 aliphatic rings. The fourth-order valence-electron chi connectivity index (χ4n) is 4.04. The SMILES string of the molecule is CN=C(NCc1ccc(N(C)C)cc1C)N1CCN(CC(=O)N2CCCC2)CC1.I. The van der Waals surface area contributed by atoms with Crippen molar-refractivity contribution in [3.63, 3.8) is 0 Å². The van der Waals surface area contributed by atoms with Gasteiger partial charge in [0.1, 0.15) is 0 Å². The molecule has 7 nitrogen and oxygen atoms in total. The Labute approximate surface area is 198 Å². The predicted octanol–water partition coefficient (Wildman–Crippen LogP) is 1.99. The summed E-state index contributed by atoms with van der Waals surface area (Å²) in [6.07, 6.45) is 2.30. The van der Waals surface area contributed by atoms with Gasteiger partial charge in [-0.1, -0.05) is 6.07 Å². The van der Waals surface area contributed by atoms with Gasteiger partial charge in [-0.05, 0) is 43.0 Å². The minimum absolute atomic E-state index is 0. The van der Waals surface area contributed by atoms with E-state index in [0.717, 1.165) is 64.6 Å². The highest BCUT2D eigenvalue weighted by molar-refractivity contribution is 14.0. The van der Waals surface area contributed by atoms with Crippen LogP contribution in [0.25, 0.3) is 0 Å². The van der Waals surface area contributed by atoms with E-state index < -0.39 is 0 Å². The normalized spacial score (nSPS) is 17.7. The van der Waals surface area contributed by atoms with E-state index in [2.05, 4.69) is 64.2 Å². The zero-order valence-corrected chi connectivity index (χ0v) is 21.2. The first-order chi connectivity index (χ1) is 14.0. The maximum atomic E-state index is 12.4. The molecule has 0 aromatic heterocycles. The van der Waals surface area contributed by atoms with Crippen LogP contribution in [0.15, 0.2) is 23.2 Å². The number of hydrogen-bond acceptors (Lipinski definition) is 4. The van der Waals surface area contributed by atoms with E-state index in [9.17, 15) is 4.79 Å². The van der Waals surface area contributed by atoms with Crippen molar-refractivity contribution in [3.8, 4) is 0 Å². The Bertz CT molecular complexity index is 724. The van der Waals surface area contributed by atoms with Gasteiger partial charge in [0.25, 0.3) is 0 Å². The molecule has 1 amide bonds. The quantitative estimate of drug-likeness (QED) is 0.360. The van der Waals surface area contributed by atoms with Crippen molar-refractivity contribution in [2.45, 2.75) is 26.3 Å². The van der Waals surface area contributed by atoms with E-state index in [1.807, 2.05) is 11.9 Å². The van der Waals surface area contributed by atoms with E-state index in [-0.39, 0.29) is 29.9 Å². The van der Waals surface area contributed by atoms with Gasteiger partial charge in [-0.15, -0.1) is 24.0 Å². The molecule has 3 rings (SSSR count). The smallest absolute Gasteiger partial charge is 0.236 e. The van der Waals surface area contributed by atoms with Crippen LogP contribution in [0.1, 0.15) is 24.0 Å².